The molecule has 10 heteroatoms. The molecular formula is C25H27F2N5O3. The zero-order chi connectivity index (χ0) is 24.2. The number of fused-ring (bicyclic) bond motifs is 1. The summed E-state index contributed by atoms with van der Waals surface area (Å²) < 4.78 is 37.7. The number of ether oxygens (including phenoxy) is 2. The van der Waals surface area contributed by atoms with Crippen molar-refractivity contribution < 1.29 is 23.0 Å². The summed E-state index contributed by atoms with van der Waals surface area (Å²) in [4.78, 5) is 21.8. The van der Waals surface area contributed by atoms with Crippen molar-refractivity contribution in [1.82, 2.24) is 24.6 Å². The Hall–Kier alpha value is -3.37. The number of carbonyl (C=O) groups is 1. The van der Waals surface area contributed by atoms with E-state index < -0.39 is 6.61 Å². The zero-order valence-corrected chi connectivity index (χ0v) is 19.3. The van der Waals surface area contributed by atoms with Gasteiger partial charge in [0.2, 0.25) is 0 Å². The second-order valence-electron chi connectivity index (χ2n) is 8.60. The number of amides is 1. The number of aromatic nitrogens is 3. The van der Waals surface area contributed by atoms with E-state index >= 15 is 0 Å². The first-order chi connectivity index (χ1) is 17.1. The summed E-state index contributed by atoms with van der Waals surface area (Å²) in [6, 6.07) is 12.6. The maximum atomic E-state index is 13.4. The molecule has 8 nitrogen and oxygen atoms in total. The Morgan fingerprint density at radius 2 is 1.86 bits per heavy atom. The van der Waals surface area contributed by atoms with Crippen LogP contribution in [0.3, 0.4) is 0 Å². The van der Waals surface area contributed by atoms with Gasteiger partial charge in [0, 0.05) is 62.2 Å². The lowest BCUT2D eigenvalue weighted by Crippen LogP contribution is -2.41. The van der Waals surface area contributed by atoms with Crippen LogP contribution in [0.4, 0.5) is 8.78 Å². The standard InChI is InChI=1S/C25H27F2N5O3/c26-25(27)35-22-7-2-1-5-18(22)15-30-10-8-21-20(17-30)23(24(33)31-11-13-34-14-12-31)29-32(21)16-19-6-3-4-9-28-19/h1-7,9,25H,8,10-17H2. The van der Waals surface area contributed by atoms with Gasteiger partial charge in [-0.05, 0) is 18.2 Å². The minimum absolute atomic E-state index is 0.104. The summed E-state index contributed by atoms with van der Waals surface area (Å²) in [6.45, 7) is 1.30. The predicted molar refractivity (Wildman–Crippen MR) is 123 cm³/mol. The summed E-state index contributed by atoms with van der Waals surface area (Å²) in [6.07, 6.45) is 2.43. The molecule has 0 bridgehead atoms. The van der Waals surface area contributed by atoms with Gasteiger partial charge < -0.3 is 14.4 Å². The Morgan fingerprint density at radius 3 is 2.63 bits per heavy atom. The number of hydrogen-bond acceptors (Lipinski definition) is 6. The summed E-state index contributed by atoms with van der Waals surface area (Å²) in [7, 11) is 0. The highest BCUT2D eigenvalue weighted by Crippen LogP contribution is 2.28. The van der Waals surface area contributed by atoms with Crippen molar-refractivity contribution in [2.24, 2.45) is 0 Å². The molecule has 0 aliphatic carbocycles. The van der Waals surface area contributed by atoms with Gasteiger partial charge >= 0.3 is 6.61 Å². The highest BCUT2D eigenvalue weighted by Gasteiger charge is 2.31. The second-order valence-corrected chi connectivity index (χ2v) is 8.60. The molecule has 4 heterocycles. The number of nitrogens with zero attached hydrogens (tertiary/aromatic N) is 5. The van der Waals surface area contributed by atoms with Crippen LogP contribution < -0.4 is 4.74 Å². The van der Waals surface area contributed by atoms with E-state index in [0.717, 1.165) is 17.0 Å². The SMILES string of the molecule is O=C(c1nn(Cc2ccccn2)c2c1CN(Cc1ccccc1OC(F)F)CC2)N1CCOCC1. The normalized spacial score (nSPS) is 16.4. The lowest BCUT2D eigenvalue weighted by molar-refractivity contribution is -0.0508. The first-order valence-corrected chi connectivity index (χ1v) is 11.7. The summed E-state index contributed by atoms with van der Waals surface area (Å²) >= 11 is 0. The molecule has 0 saturated carbocycles. The molecule has 2 aromatic heterocycles. The number of para-hydroxylation sites is 1. The van der Waals surface area contributed by atoms with Crippen LogP contribution in [0.2, 0.25) is 0 Å². The van der Waals surface area contributed by atoms with Crippen LogP contribution >= 0.6 is 0 Å². The van der Waals surface area contributed by atoms with Gasteiger partial charge in [-0.1, -0.05) is 24.3 Å². The van der Waals surface area contributed by atoms with E-state index in [-0.39, 0.29) is 11.7 Å². The van der Waals surface area contributed by atoms with Gasteiger partial charge in [0.05, 0.1) is 25.5 Å². The molecule has 1 fully saturated rings. The van der Waals surface area contributed by atoms with Gasteiger partial charge in [0.1, 0.15) is 5.75 Å². The van der Waals surface area contributed by atoms with E-state index in [1.807, 2.05) is 22.9 Å². The smallest absolute Gasteiger partial charge is 0.387 e. The number of alkyl halides is 2. The minimum Gasteiger partial charge on any atom is -0.434 e. The van der Waals surface area contributed by atoms with Crippen molar-refractivity contribution in [2.45, 2.75) is 32.7 Å². The Balaban J connectivity index is 1.42. The van der Waals surface area contributed by atoms with Crippen LogP contribution in [0.15, 0.2) is 48.7 Å². The number of hydrogen-bond donors (Lipinski definition) is 0. The maximum absolute atomic E-state index is 13.4. The Kier molecular flexibility index (Phi) is 7.01. The lowest BCUT2D eigenvalue weighted by atomic mass is 10.0. The van der Waals surface area contributed by atoms with E-state index in [9.17, 15) is 13.6 Å². The van der Waals surface area contributed by atoms with Crippen LogP contribution in [0.25, 0.3) is 0 Å². The van der Waals surface area contributed by atoms with Crippen molar-refractivity contribution in [3.05, 3.63) is 76.9 Å². The van der Waals surface area contributed by atoms with E-state index in [1.54, 1.807) is 35.4 Å². The van der Waals surface area contributed by atoms with Crippen molar-refractivity contribution in [3.8, 4) is 5.75 Å². The average Bonchev–Trinajstić information content (AvgIpc) is 3.23. The summed E-state index contributed by atoms with van der Waals surface area (Å²) in [5.41, 5.74) is 3.89. The molecular weight excluding hydrogens is 456 g/mol. The predicted octanol–water partition coefficient (Wildman–Crippen LogP) is 2.96. The van der Waals surface area contributed by atoms with Crippen LogP contribution in [-0.4, -0.2) is 69.9 Å². The average molecular weight is 484 g/mol. The number of rotatable bonds is 7. The summed E-state index contributed by atoms with van der Waals surface area (Å²) in [5, 5.41) is 4.75. The highest BCUT2D eigenvalue weighted by molar-refractivity contribution is 5.94. The van der Waals surface area contributed by atoms with Crippen LogP contribution in [0.5, 0.6) is 5.75 Å². The highest BCUT2D eigenvalue weighted by atomic mass is 19.3. The monoisotopic (exact) mass is 483 g/mol. The number of halogens is 2. The number of carbonyl (C=O) groups excluding carboxylic acids is 1. The quantitative estimate of drug-likeness (QED) is 0.515. The Bertz CT molecular complexity index is 1170. The Labute approximate surface area is 202 Å². The molecule has 184 valence electrons. The van der Waals surface area contributed by atoms with E-state index in [2.05, 4.69) is 9.88 Å². The minimum atomic E-state index is -2.88. The van der Waals surface area contributed by atoms with Gasteiger partial charge in [0.25, 0.3) is 5.91 Å². The van der Waals surface area contributed by atoms with Crippen molar-refractivity contribution in [2.75, 3.05) is 32.8 Å². The molecule has 0 atom stereocenters. The van der Waals surface area contributed by atoms with Crippen molar-refractivity contribution in [3.63, 3.8) is 0 Å². The molecule has 0 spiro atoms. The van der Waals surface area contributed by atoms with Crippen LogP contribution in [0.1, 0.15) is 33.0 Å². The van der Waals surface area contributed by atoms with E-state index in [4.69, 9.17) is 14.6 Å². The fourth-order valence-electron chi connectivity index (χ4n) is 4.63. The molecule has 0 N–H and O–H groups in total. The molecule has 35 heavy (non-hydrogen) atoms. The number of pyridine rings is 1. The molecule has 1 aromatic carbocycles. The molecule has 2 aliphatic rings. The van der Waals surface area contributed by atoms with Crippen molar-refractivity contribution >= 4 is 5.91 Å². The van der Waals surface area contributed by atoms with Crippen LogP contribution in [-0.2, 0) is 30.8 Å². The molecule has 3 aromatic rings. The third kappa shape index (κ3) is 5.33. The molecule has 1 amide bonds. The largest absolute Gasteiger partial charge is 0.434 e. The fourth-order valence-corrected chi connectivity index (χ4v) is 4.63. The van der Waals surface area contributed by atoms with Gasteiger partial charge in [-0.3, -0.25) is 19.4 Å². The maximum Gasteiger partial charge on any atom is 0.387 e. The molecule has 0 radical (unpaired) electrons. The van der Waals surface area contributed by atoms with E-state index in [0.29, 0.717) is 70.2 Å². The number of morpholine rings is 1. The lowest BCUT2D eigenvalue weighted by Gasteiger charge is -2.29. The van der Waals surface area contributed by atoms with Crippen molar-refractivity contribution in [1.29, 1.82) is 0 Å². The van der Waals surface area contributed by atoms with Gasteiger partial charge in [0.15, 0.2) is 5.69 Å². The van der Waals surface area contributed by atoms with E-state index in [1.165, 1.54) is 0 Å². The molecule has 2 aliphatic heterocycles. The molecule has 1 saturated heterocycles. The molecule has 0 unspecified atom stereocenters. The fraction of sp³-hybridized carbons (Fsp3) is 0.400. The van der Waals surface area contributed by atoms with Crippen LogP contribution in [0, 0.1) is 0 Å². The van der Waals surface area contributed by atoms with Gasteiger partial charge in [-0.15, -0.1) is 0 Å². The van der Waals surface area contributed by atoms with Gasteiger partial charge in [-0.25, -0.2) is 0 Å². The first kappa shape index (κ1) is 23.4. The topological polar surface area (TPSA) is 72.7 Å². The first-order valence-electron chi connectivity index (χ1n) is 11.7. The molecule has 5 rings (SSSR count). The third-order valence-corrected chi connectivity index (χ3v) is 6.33. The third-order valence-electron chi connectivity index (χ3n) is 6.33. The summed E-state index contributed by atoms with van der Waals surface area (Å²) in [5.74, 6) is 0.0661. The second kappa shape index (κ2) is 10.5. The number of benzene rings is 1. The Morgan fingerprint density at radius 1 is 1.06 bits per heavy atom. The van der Waals surface area contributed by atoms with Gasteiger partial charge in [-0.2, -0.15) is 13.9 Å². The zero-order valence-electron chi connectivity index (χ0n) is 19.3.